The lowest BCUT2D eigenvalue weighted by molar-refractivity contribution is -0.137. The number of carbonyl (C=O) groups is 1. The number of hydrogen-bond donors (Lipinski definition) is 1. The van der Waals surface area contributed by atoms with Crippen molar-refractivity contribution in [2.75, 3.05) is 22.9 Å². The third-order valence-corrected chi connectivity index (χ3v) is 5.65. The topological polar surface area (TPSA) is 61.4 Å². The summed E-state index contributed by atoms with van der Waals surface area (Å²) < 4.78 is 39.3. The van der Waals surface area contributed by atoms with Crippen LogP contribution in [0, 0.1) is 0 Å². The molecule has 29 heavy (non-hydrogen) atoms. The van der Waals surface area contributed by atoms with Crippen molar-refractivity contribution in [3.05, 3.63) is 36.0 Å². The molecule has 1 saturated carbocycles. The molecule has 2 amide bonds. The first-order valence-electron chi connectivity index (χ1n) is 9.79. The van der Waals surface area contributed by atoms with Gasteiger partial charge in [-0.1, -0.05) is 12.1 Å². The maximum atomic E-state index is 13.1. The molecule has 1 aliphatic carbocycles. The van der Waals surface area contributed by atoms with Crippen LogP contribution in [0.25, 0.3) is 11.4 Å². The molecular weight excluding hydrogens is 383 g/mol. The molecule has 1 unspecified atom stereocenters. The molecule has 9 heteroatoms. The van der Waals surface area contributed by atoms with E-state index in [1.165, 1.54) is 6.07 Å². The normalized spacial score (nSPS) is 21.0. The zero-order chi connectivity index (χ0) is 20.2. The molecule has 2 bridgehead atoms. The lowest BCUT2D eigenvalue weighted by atomic mass is 10.0. The van der Waals surface area contributed by atoms with Crippen molar-refractivity contribution in [1.82, 2.24) is 15.3 Å². The number of nitrogens with one attached hydrogen (secondary N) is 1. The summed E-state index contributed by atoms with van der Waals surface area (Å²) in [7, 11) is 0. The van der Waals surface area contributed by atoms with Crippen molar-refractivity contribution in [2.45, 2.75) is 43.9 Å². The number of hydrogen-bond acceptors (Lipinski definition) is 4. The molecule has 0 radical (unpaired) electrons. The van der Waals surface area contributed by atoms with Crippen LogP contribution in [0.2, 0.25) is 0 Å². The molecule has 2 aromatic rings. The highest BCUT2D eigenvalue weighted by molar-refractivity contribution is 5.96. The Morgan fingerprint density at radius 3 is 2.79 bits per heavy atom. The largest absolute Gasteiger partial charge is 0.416 e. The van der Waals surface area contributed by atoms with E-state index in [9.17, 15) is 18.0 Å². The van der Waals surface area contributed by atoms with Gasteiger partial charge in [0.05, 0.1) is 23.5 Å². The highest BCUT2D eigenvalue weighted by Gasteiger charge is 2.40. The zero-order valence-corrected chi connectivity index (χ0v) is 15.6. The van der Waals surface area contributed by atoms with Gasteiger partial charge >= 0.3 is 12.2 Å². The Balaban J connectivity index is 1.56. The molecule has 1 saturated heterocycles. The van der Waals surface area contributed by atoms with Gasteiger partial charge in [-0.05, 0) is 37.8 Å². The zero-order valence-electron chi connectivity index (χ0n) is 15.6. The minimum Gasteiger partial charge on any atom is -0.365 e. The van der Waals surface area contributed by atoms with Crippen LogP contribution in [-0.2, 0) is 6.18 Å². The summed E-state index contributed by atoms with van der Waals surface area (Å²) in [4.78, 5) is 25.7. The van der Waals surface area contributed by atoms with E-state index in [-0.39, 0.29) is 29.5 Å². The van der Waals surface area contributed by atoms with E-state index >= 15 is 0 Å². The SMILES string of the molecule is O=C(NC1CC1)N1c2nc(-c3cccc(C(F)(F)F)c3)ncc2N2CCCC1C2. The molecular formula is C20H20F3N5O. The van der Waals surface area contributed by atoms with Crippen LogP contribution in [0.3, 0.4) is 0 Å². The third-order valence-electron chi connectivity index (χ3n) is 5.65. The number of carbonyl (C=O) groups excluding carboxylic acids is 1. The Bertz CT molecular complexity index is 959. The van der Waals surface area contributed by atoms with Gasteiger partial charge in [0.25, 0.3) is 0 Å². The number of halogens is 3. The predicted molar refractivity (Wildman–Crippen MR) is 102 cm³/mol. The van der Waals surface area contributed by atoms with E-state index in [2.05, 4.69) is 20.2 Å². The van der Waals surface area contributed by atoms with Gasteiger partial charge in [0.2, 0.25) is 0 Å². The fourth-order valence-electron chi connectivity index (χ4n) is 4.03. The summed E-state index contributed by atoms with van der Waals surface area (Å²) in [6.07, 6.45) is 0.967. The number of amides is 2. The minimum atomic E-state index is -4.44. The van der Waals surface area contributed by atoms with Gasteiger partial charge in [-0.15, -0.1) is 0 Å². The smallest absolute Gasteiger partial charge is 0.365 e. The fraction of sp³-hybridized carbons (Fsp3) is 0.450. The van der Waals surface area contributed by atoms with Gasteiger partial charge in [-0.3, -0.25) is 4.90 Å². The van der Waals surface area contributed by atoms with Gasteiger partial charge in [0.15, 0.2) is 11.6 Å². The third kappa shape index (κ3) is 3.38. The van der Waals surface area contributed by atoms with E-state index in [0.29, 0.717) is 5.82 Å². The quantitative estimate of drug-likeness (QED) is 0.828. The molecule has 1 aromatic carbocycles. The van der Waals surface area contributed by atoms with Crippen molar-refractivity contribution in [3.63, 3.8) is 0 Å². The second-order valence-corrected chi connectivity index (χ2v) is 7.82. The van der Waals surface area contributed by atoms with Crippen LogP contribution in [0.4, 0.5) is 29.5 Å². The molecule has 5 rings (SSSR count). The molecule has 3 aliphatic rings. The predicted octanol–water partition coefficient (Wildman–Crippen LogP) is 3.82. The maximum Gasteiger partial charge on any atom is 0.416 e. The molecule has 6 nitrogen and oxygen atoms in total. The number of anilines is 2. The van der Waals surface area contributed by atoms with Gasteiger partial charge in [0, 0.05) is 24.7 Å². The van der Waals surface area contributed by atoms with Crippen molar-refractivity contribution in [2.24, 2.45) is 0 Å². The van der Waals surface area contributed by atoms with E-state index in [4.69, 9.17) is 0 Å². The summed E-state index contributed by atoms with van der Waals surface area (Å²) >= 11 is 0. The summed E-state index contributed by atoms with van der Waals surface area (Å²) in [6.45, 7) is 1.57. The molecule has 1 N–H and O–H groups in total. The van der Waals surface area contributed by atoms with E-state index < -0.39 is 11.7 Å². The minimum absolute atomic E-state index is 0.000686. The van der Waals surface area contributed by atoms with Gasteiger partial charge in [-0.2, -0.15) is 13.2 Å². The average molecular weight is 403 g/mol. The standard InChI is InChI=1S/C20H20F3N5O/c21-20(22,23)13-4-1-3-12(9-13)17-24-10-16-18(26-17)28(19(29)25-14-6-7-14)15-5-2-8-27(16)11-15/h1,3-4,9-10,14-15H,2,5-8,11H2,(H,25,29). The molecule has 1 aromatic heterocycles. The lowest BCUT2D eigenvalue weighted by Crippen LogP contribution is -2.57. The second-order valence-electron chi connectivity index (χ2n) is 7.82. The summed E-state index contributed by atoms with van der Waals surface area (Å²) in [6, 6.07) is 4.98. The van der Waals surface area contributed by atoms with Crippen LogP contribution in [-0.4, -0.2) is 41.2 Å². The number of aromatic nitrogens is 2. The monoisotopic (exact) mass is 403 g/mol. The fourth-order valence-corrected chi connectivity index (χ4v) is 4.03. The number of alkyl halides is 3. The molecule has 2 fully saturated rings. The van der Waals surface area contributed by atoms with E-state index in [1.54, 1.807) is 17.2 Å². The highest BCUT2D eigenvalue weighted by Crippen LogP contribution is 2.39. The molecule has 3 heterocycles. The first kappa shape index (κ1) is 18.2. The first-order chi connectivity index (χ1) is 13.9. The van der Waals surface area contributed by atoms with Gasteiger partial charge < -0.3 is 10.2 Å². The molecule has 1 atom stereocenters. The van der Waals surface area contributed by atoms with Crippen molar-refractivity contribution < 1.29 is 18.0 Å². The molecule has 0 spiro atoms. The number of rotatable bonds is 2. The first-order valence-corrected chi connectivity index (χ1v) is 9.79. The number of benzene rings is 1. The number of nitrogens with zero attached hydrogens (tertiary/aromatic N) is 4. The molecule has 2 aliphatic heterocycles. The van der Waals surface area contributed by atoms with E-state index in [0.717, 1.165) is 56.6 Å². The Morgan fingerprint density at radius 1 is 1.21 bits per heavy atom. The van der Waals surface area contributed by atoms with Gasteiger partial charge in [-0.25, -0.2) is 14.8 Å². The Labute approximate surface area is 165 Å². The summed E-state index contributed by atoms with van der Waals surface area (Å²) in [5.41, 5.74) is 0.277. The van der Waals surface area contributed by atoms with Crippen molar-refractivity contribution >= 4 is 17.5 Å². The summed E-state index contributed by atoms with van der Waals surface area (Å²) in [5.74, 6) is 0.654. The van der Waals surface area contributed by atoms with Crippen molar-refractivity contribution in [1.29, 1.82) is 0 Å². The van der Waals surface area contributed by atoms with Crippen LogP contribution in [0.5, 0.6) is 0 Å². The van der Waals surface area contributed by atoms with Crippen LogP contribution in [0.1, 0.15) is 31.2 Å². The maximum absolute atomic E-state index is 13.1. The van der Waals surface area contributed by atoms with Crippen molar-refractivity contribution in [3.8, 4) is 11.4 Å². The Morgan fingerprint density at radius 2 is 2.03 bits per heavy atom. The van der Waals surface area contributed by atoms with Crippen LogP contribution in [0.15, 0.2) is 30.5 Å². The Kier molecular flexibility index (Phi) is 4.15. The highest BCUT2D eigenvalue weighted by atomic mass is 19.4. The van der Waals surface area contributed by atoms with Crippen LogP contribution < -0.4 is 15.1 Å². The van der Waals surface area contributed by atoms with Gasteiger partial charge in [0.1, 0.15) is 0 Å². The molecule has 152 valence electrons. The Hall–Kier alpha value is -2.84. The lowest BCUT2D eigenvalue weighted by Gasteiger charge is -2.45. The average Bonchev–Trinajstić information content (AvgIpc) is 3.51. The summed E-state index contributed by atoms with van der Waals surface area (Å²) in [5, 5.41) is 3.02. The number of fused-ring (bicyclic) bond motifs is 4. The van der Waals surface area contributed by atoms with Crippen LogP contribution >= 0.6 is 0 Å². The number of urea groups is 1. The number of piperidine rings is 1. The van der Waals surface area contributed by atoms with E-state index in [1.807, 2.05) is 0 Å². The second kappa shape index (κ2) is 6.60.